The van der Waals surface area contributed by atoms with Gasteiger partial charge in [-0.2, -0.15) is 0 Å². The predicted molar refractivity (Wildman–Crippen MR) is 77.4 cm³/mol. The highest BCUT2D eigenvalue weighted by molar-refractivity contribution is 7.91. The summed E-state index contributed by atoms with van der Waals surface area (Å²) in [4.78, 5) is 3.47. The Hall–Kier alpha value is -1.59. The third-order valence-corrected chi connectivity index (χ3v) is 5.78. The first-order valence-corrected chi connectivity index (χ1v) is 8.32. The van der Waals surface area contributed by atoms with E-state index in [0.29, 0.717) is 22.3 Å². The normalized spacial score (nSPS) is 18.8. The minimum atomic E-state index is -3.42. The molecule has 106 valence electrons. The van der Waals surface area contributed by atoms with Crippen molar-refractivity contribution in [1.82, 2.24) is 4.98 Å². The van der Waals surface area contributed by atoms with E-state index in [1.807, 2.05) is 12.1 Å². The van der Waals surface area contributed by atoms with E-state index in [9.17, 15) is 8.42 Å². The van der Waals surface area contributed by atoms with Crippen molar-refractivity contribution in [2.45, 2.75) is 35.0 Å². The van der Waals surface area contributed by atoms with Crippen LogP contribution in [0.3, 0.4) is 0 Å². The van der Waals surface area contributed by atoms with Crippen LogP contribution in [-0.2, 0) is 16.3 Å². The van der Waals surface area contributed by atoms with Crippen LogP contribution in [0.25, 0.3) is 0 Å². The number of rotatable bonds is 3. The Kier molecular flexibility index (Phi) is 3.40. The molecule has 0 bridgehead atoms. The minimum absolute atomic E-state index is 0.309. The number of aryl methyl sites for hydroxylation is 1. The highest BCUT2D eigenvalue weighted by atomic mass is 32.2. The van der Waals surface area contributed by atoms with Gasteiger partial charge in [-0.25, -0.2) is 8.42 Å². The van der Waals surface area contributed by atoms with Crippen LogP contribution in [0, 0.1) is 0 Å². The van der Waals surface area contributed by atoms with E-state index in [4.69, 9.17) is 5.73 Å². The van der Waals surface area contributed by atoms with Gasteiger partial charge in [-0.1, -0.05) is 6.07 Å². The fourth-order valence-electron chi connectivity index (χ4n) is 2.92. The van der Waals surface area contributed by atoms with Crippen LogP contribution < -0.4 is 5.73 Å². The number of hydrogen-bond acceptors (Lipinski definition) is 3. The molecule has 1 aromatic carbocycles. The van der Waals surface area contributed by atoms with E-state index >= 15 is 0 Å². The number of fused-ring (bicyclic) bond motifs is 1. The second-order valence-corrected chi connectivity index (χ2v) is 7.19. The van der Waals surface area contributed by atoms with Crippen molar-refractivity contribution in [2.75, 3.05) is 6.54 Å². The monoisotopic (exact) mass is 290 g/mol. The maximum atomic E-state index is 12.5. The summed E-state index contributed by atoms with van der Waals surface area (Å²) >= 11 is 0. The van der Waals surface area contributed by atoms with Crippen molar-refractivity contribution in [3.63, 3.8) is 0 Å². The third-order valence-electron chi connectivity index (χ3n) is 4.03. The van der Waals surface area contributed by atoms with Crippen molar-refractivity contribution >= 4 is 9.84 Å². The molecule has 0 unspecified atom stereocenters. The molecule has 5 heteroatoms. The topological polar surface area (TPSA) is 76.0 Å². The summed E-state index contributed by atoms with van der Waals surface area (Å²) in [5, 5.41) is 0. The van der Waals surface area contributed by atoms with Crippen LogP contribution in [0.5, 0.6) is 0 Å². The highest BCUT2D eigenvalue weighted by Gasteiger charge is 2.23. The summed E-state index contributed by atoms with van der Waals surface area (Å²) < 4.78 is 25.0. The molecule has 0 fully saturated rings. The Morgan fingerprint density at radius 3 is 2.80 bits per heavy atom. The molecule has 20 heavy (non-hydrogen) atoms. The lowest BCUT2D eigenvalue weighted by molar-refractivity contribution is 0.558. The Morgan fingerprint density at radius 2 is 2.10 bits per heavy atom. The van der Waals surface area contributed by atoms with Crippen molar-refractivity contribution in [2.24, 2.45) is 5.73 Å². The molecule has 1 aliphatic rings. The summed E-state index contributed by atoms with van der Waals surface area (Å²) in [5.41, 5.74) is 8.14. The predicted octanol–water partition coefficient (Wildman–Crippen LogP) is 2.23. The van der Waals surface area contributed by atoms with Crippen LogP contribution >= 0.6 is 0 Å². The summed E-state index contributed by atoms with van der Waals surface area (Å²) in [6, 6.07) is 7.04. The molecule has 1 atom stereocenters. The molecule has 0 amide bonds. The van der Waals surface area contributed by atoms with Crippen LogP contribution in [0.2, 0.25) is 0 Å². The lowest BCUT2D eigenvalue weighted by atomic mass is 9.83. The van der Waals surface area contributed by atoms with Gasteiger partial charge < -0.3 is 10.7 Å². The zero-order valence-electron chi connectivity index (χ0n) is 11.2. The number of aromatic amines is 1. The maximum Gasteiger partial charge on any atom is 0.208 e. The summed E-state index contributed by atoms with van der Waals surface area (Å²) in [6.45, 7) is 0.622. The summed E-state index contributed by atoms with van der Waals surface area (Å²) in [6.07, 6.45) is 6.23. The molecule has 4 nitrogen and oxygen atoms in total. The molecule has 0 saturated heterocycles. The Balaban J connectivity index is 2.05. The van der Waals surface area contributed by atoms with Crippen LogP contribution in [0.4, 0.5) is 0 Å². The molecule has 3 N–H and O–H groups in total. The maximum absolute atomic E-state index is 12.5. The number of sulfone groups is 1. The van der Waals surface area contributed by atoms with Gasteiger partial charge in [0.1, 0.15) is 0 Å². The standard InChI is InChI=1S/C15H18N2O2S/c16-9-12-3-1-2-11-8-13(4-5-15(11)12)20(18,19)14-6-7-17-10-14/h4-8,10,12,17H,1-3,9,16H2/t12-/m0/s1. The molecule has 1 aromatic heterocycles. The van der Waals surface area contributed by atoms with Crippen LogP contribution in [0.1, 0.15) is 29.9 Å². The lowest BCUT2D eigenvalue weighted by Gasteiger charge is -2.24. The SMILES string of the molecule is NC[C@@H]1CCCc2cc(S(=O)(=O)c3cc[nH]c3)ccc21. The average Bonchev–Trinajstić information content (AvgIpc) is 3.01. The van der Waals surface area contributed by atoms with Gasteiger partial charge in [0, 0.05) is 12.4 Å². The van der Waals surface area contributed by atoms with Gasteiger partial charge in [0.15, 0.2) is 0 Å². The zero-order chi connectivity index (χ0) is 14.2. The lowest BCUT2D eigenvalue weighted by Crippen LogP contribution is -2.18. The van der Waals surface area contributed by atoms with Gasteiger partial charge in [-0.3, -0.25) is 0 Å². The Labute approximate surface area is 118 Å². The first-order chi connectivity index (χ1) is 9.63. The zero-order valence-corrected chi connectivity index (χ0v) is 12.0. The fourth-order valence-corrected chi connectivity index (χ4v) is 4.20. The molecule has 0 saturated carbocycles. The third kappa shape index (κ3) is 2.17. The molecular formula is C15H18N2O2S. The van der Waals surface area contributed by atoms with Gasteiger partial charge in [0.2, 0.25) is 9.84 Å². The summed E-state index contributed by atoms with van der Waals surface area (Å²) in [5.74, 6) is 0.364. The molecule has 0 aliphatic heterocycles. The van der Waals surface area contributed by atoms with Crippen molar-refractivity contribution < 1.29 is 8.42 Å². The number of nitrogens with one attached hydrogen (secondary N) is 1. The van der Waals surface area contributed by atoms with E-state index in [-0.39, 0.29) is 0 Å². The fraction of sp³-hybridized carbons (Fsp3) is 0.333. The van der Waals surface area contributed by atoms with Crippen LogP contribution in [0.15, 0.2) is 46.5 Å². The number of hydrogen-bond donors (Lipinski definition) is 2. The average molecular weight is 290 g/mol. The van der Waals surface area contributed by atoms with E-state index in [1.165, 1.54) is 11.8 Å². The molecule has 2 aromatic rings. The highest BCUT2D eigenvalue weighted by Crippen LogP contribution is 2.33. The largest absolute Gasteiger partial charge is 0.366 e. The molecule has 1 heterocycles. The van der Waals surface area contributed by atoms with E-state index in [1.54, 1.807) is 18.3 Å². The second-order valence-electron chi connectivity index (χ2n) is 5.24. The van der Waals surface area contributed by atoms with E-state index in [0.717, 1.165) is 24.8 Å². The smallest absolute Gasteiger partial charge is 0.208 e. The van der Waals surface area contributed by atoms with Gasteiger partial charge in [0.25, 0.3) is 0 Å². The van der Waals surface area contributed by atoms with E-state index in [2.05, 4.69) is 4.98 Å². The van der Waals surface area contributed by atoms with Crippen molar-refractivity contribution in [3.05, 3.63) is 47.8 Å². The summed E-state index contributed by atoms with van der Waals surface area (Å²) in [7, 11) is -3.42. The number of nitrogens with two attached hydrogens (primary N) is 1. The Morgan fingerprint density at radius 1 is 1.25 bits per heavy atom. The minimum Gasteiger partial charge on any atom is -0.366 e. The number of H-pyrrole nitrogens is 1. The second kappa shape index (κ2) is 5.07. The molecule has 1 aliphatic carbocycles. The first kappa shape index (κ1) is 13.4. The van der Waals surface area contributed by atoms with Gasteiger partial charge in [-0.15, -0.1) is 0 Å². The van der Waals surface area contributed by atoms with Crippen molar-refractivity contribution in [1.29, 1.82) is 0 Å². The molecule has 0 spiro atoms. The van der Waals surface area contributed by atoms with Crippen molar-refractivity contribution in [3.8, 4) is 0 Å². The molecule has 3 rings (SSSR count). The van der Waals surface area contributed by atoms with Gasteiger partial charge >= 0.3 is 0 Å². The molecule has 0 radical (unpaired) electrons. The van der Waals surface area contributed by atoms with E-state index < -0.39 is 9.84 Å². The Bertz CT molecular complexity index is 705. The van der Waals surface area contributed by atoms with Crippen LogP contribution in [-0.4, -0.2) is 19.9 Å². The first-order valence-electron chi connectivity index (χ1n) is 6.83. The quantitative estimate of drug-likeness (QED) is 0.910. The molecular weight excluding hydrogens is 272 g/mol. The van der Waals surface area contributed by atoms with Gasteiger partial charge in [0.05, 0.1) is 9.79 Å². The number of benzene rings is 1. The number of aromatic nitrogens is 1. The van der Waals surface area contributed by atoms with Gasteiger partial charge in [-0.05, 0) is 61.1 Å².